The Balaban J connectivity index is 1.84. The highest BCUT2D eigenvalue weighted by molar-refractivity contribution is 5.88. The molecule has 1 aromatic carbocycles. The zero-order chi connectivity index (χ0) is 14.1. The molecule has 0 saturated carbocycles. The van der Waals surface area contributed by atoms with Gasteiger partial charge in [-0.05, 0) is 19.1 Å². The molecule has 7 nitrogen and oxygen atoms in total. The molecule has 0 atom stereocenters. The van der Waals surface area contributed by atoms with E-state index in [0.717, 1.165) is 0 Å². The van der Waals surface area contributed by atoms with Crippen molar-refractivity contribution in [2.75, 3.05) is 6.79 Å². The first-order valence-corrected chi connectivity index (χ1v) is 5.78. The summed E-state index contributed by atoms with van der Waals surface area (Å²) in [6.07, 6.45) is 1.22. The number of hydrogen-bond donors (Lipinski definition) is 1. The van der Waals surface area contributed by atoms with E-state index < -0.39 is 5.97 Å². The number of hydrogen-bond acceptors (Lipinski definition) is 6. The molecule has 1 aromatic heterocycles. The van der Waals surface area contributed by atoms with Gasteiger partial charge in [-0.3, -0.25) is 0 Å². The predicted octanol–water partition coefficient (Wildman–Crippen LogP) is 2.00. The molecule has 3 rings (SSSR count). The lowest BCUT2D eigenvalue weighted by Gasteiger charge is -2.06. The first kappa shape index (κ1) is 12.2. The lowest BCUT2D eigenvalue weighted by atomic mass is 10.2. The van der Waals surface area contributed by atoms with Crippen LogP contribution in [0.3, 0.4) is 0 Å². The molecule has 1 aliphatic rings. The minimum Gasteiger partial charge on any atom is -0.478 e. The number of aromatic nitrogens is 2. The molecule has 0 unspecified atom stereocenters. The highest BCUT2D eigenvalue weighted by Gasteiger charge is 2.15. The molecule has 2 aromatic rings. The molecule has 0 spiro atoms. The van der Waals surface area contributed by atoms with Crippen LogP contribution in [0.1, 0.15) is 16.1 Å². The first-order chi connectivity index (χ1) is 9.63. The minimum atomic E-state index is -1.07. The van der Waals surface area contributed by atoms with E-state index in [2.05, 4.69) is 9.97 Å². The van der Waals surface area contributed by atoms with Crippen molar-refractivity contribution in [2.24, 2.45) is 0 Å². The Kier molecular flexibility index (Phi) is 2.86. The summed E-state index contributed by atoms with van der Waals surface area (Å²) in [5.41, 5.74) is 0.381. The summed E-state index contributed by atoms with van der Waals surface area (Å²) in [5, 5.41) is 8.90. The summed E-state index contributed by atoms with van der Waals surface area (Å²) in [6.45, 7) is 1.76. The summed E-state index contributed by atoms with van der Waals surface area (Å²) in [5.74, 6) is 0.644. The van der Waals surface area contributed by atoms with Gasteiger partial charge in [-0.25, -0.2) is 9.78 Å². The van der Waals surface area contributed by atoms with E-state index in [1.807, 2.05) is 0 Å². The van der Waals surface area contributed by atoms with Crippen LogP contribution in [-0.4, -0.2) is 27.8 Å². The number of rotatable bonds is 3. The summed E-state index contributed by atoms with van der Waals surface area (Å²) in [6, 6.07) is 5.14. The van der Waals surface area contributed by atoms with Crippen LogP contribution in [0, 0.1) is 6.92 Å². The Labute approximate surface area is 113 Å². The molecule has 1 N–H and O–H groups in total. The van der Waals surface area contributed by atoms with Crippen molar-refractivity contribution in [3.8, 4) is 23.3 Å². The van der Waals surface area contributed by atoms with Crippen molar-refractivity contribution in [1.29, 1.82) is 0 Å². The van der Waals surface area contributed by atoms with Crippen LogP contribution in [0.5, 0.6) is 23.3 Å². The van der Waals surface area contributed by atoms with Crippen LogP contribution in [0.4, 0.5) is 0 Å². The minimum absolute atomic E-state index is 0.0445. The van der Waals surface area contributed by atoms with Gasteiger partial charge in [-0.15, -0.1) is 0 Å². The summed E-state index contributed by atoms with van der Waals surface area (Å²) in [4.78, 5) is 18.7. The van der Waals surface area contributed by atoms with Gasteiger partial charge in [0.25, 0.3) is 0 Å². The Bertz CT molecular complexity index is 686. The molecule has 2 heterocycles. The summed E-state index contributed by atoms with van der Waals surface area (Å²) >= 11 is 0. The van der Waals surface area contributed by atoms with Crippen molar-refractivity contribution in [3.63, 3.8) is 0 Å². The molecule has 102 valence electrons. The van der Waals surface area contributed by atoms with Crippen LogP contribution in [0.15, 0.2) is 24.4 Å². The maximum Gasteiger partial charge on any atom is 0.339 e. The molecule has 0 fully saturated rings. The van der Waals surface area contributed by atoms with E-state index in [1.54, 1.807) is 25.1 Å². The molecule has 1 aliphatic heterocycles. The fourth-order valence-electron chi connectivity index (χ4n) is 1.75. The number of carboxylic acids is 1. The average Bonchev–Trinajstić information content (AvgIpc) is 2.85. The van der Waals surface area contributed by atoms with Gasteiger partial charge in [0.2, 0.25) is 6.79 Å². The molecule has 7 heteroatoms. The van der Waals surface area contributed by atoms with E-state index in [9.17, 15) is 4.79 Å². The van der Waals surface area contributed by atoms with Crippen molar-refractivity contribution >= 4 is 5.97 Å². The molecular weight excluding hydrogens is 264 g/mol. The Morgan fingerprint density at radius 2 is 2.15 bits per heavy atom. The van der Waals surface area contributed by atoms with E-state index in [-0.39, 0.29) is 18.4 Å². The number of benzene rings is 1. The lowest BCUT2D eigenvalue weighted by molar-refractivity contribution is 0.0695. The third-order valence-corrected chi connectivity index (χ3v) is 2.74. The van der Waals surface area contributed by atoms with E-state index >= 15 is 0 Å². The second-order valence-electron chi connectivity index (χ2n) is 4.07. The quantitative estimate of drug-likeness (QED) is 0.915. The fourth-order valence-corrected chi connectivity index (χ4v) is 1.75. The number of carboxylic acid groups (broad SMARTS) is 1. The number of fused-ring (bicyclic) bond motifs is 1. The number of aryl methyl sites for hydroxylation is 1. The van der Waals surface area contributed by atoms with Gasteiger partial charge >= 0.3 is 12.0 Å². The second-order valence-corrected chi connectivity index (χ2v) is 4.07. The van der Waals surface area contributed by atoms with E-state index in [4.69, 9.17) is 19.3 Å². The van der Waals surface area contributed by atoms with E-state index in [0.29, 0.717) is 22.9 Å². The van der Waals surface area contributed by atoms with Crippen LogP contribution < -0.4 is 14.2 Å². The van der Waals surface area contributed by atoms with Crippen LogP contribution in [-0.2, 0) is 0 Å². The second kappa shape index (κ2) is 4.69. The largest absolute Gasteiger partial charge is 0.478 e. The number of ether oxygens (including phenoxy) is 3. The van der Waals surface area contributed by atoms with Gasteiger partial charge in [0.05, 0.1) is 11.3 Å². The number of aromatic carboxylic acids is 1. The maximum atomic E-state index is 10.9. The Morgan fingerprint density at radius 3 is 2.90 bits per heavy atom. The smallest absolute Gasteiger partial charge is 0.339 e. The maximum absolute atomic E-state index is 10.9. The Morgan fingerprint density at radius 1 is 1.35 bits per heavy atom. The monoisotopic (exact) mass is 274 g/mol. The van der Waals surface area contributed by atoms with Crippen molar-refractivity contribution in [2.45, 2.75) is 6.92 Å². The van der Waals surface area contributed by atoms with Gasteiger partial charge in [0.1, 0.15) is 5.75 Å². The summed E-state index contributed by atoms with van der Waals surface area (Å²) in [7, 11) is 0. The van der Waals surface area contributed by atoms with Gasteiger partial charge in [0.15, 0.2) is 11.5 Å². The van der Waals surface area contributed by atoms with Gasteiger partial charge < -0.3 is 19.3 Å². The average molecular weight is 274 g/mol. The molecule has 0 saturated heterocycles. The third-order valence-electron chi connectivity index (χ3n) is 2.74. The summed E-state index contributed by atoms with van der Waals surface area (Å²) < 4.78 is 15.9. The molecule has 20 heavy (non-hydrogen) atoms. The van der Waals surface area contributed by atoms with Crippen LogP contribution in [0.2, 0.25) is 0 Å². The third kappa shape index (κ3) is 2.20. The van der Waals surface area contributed by atoms with Crippen LogP contribution >= 0.6 is 0 Å². The normalized spacial score (nSPS) is 12.2. The standard InChI is InChI=1S/C13H10N2O5/c1-7-9(12(16)17)5-14-13(15-7)20-8-2-3-10-11(4-8)19-6-18-10/h2-5H,6H2,1H3,(H,16,17). The van der Waals surface area contributed by atoms with Gasteiger partial charge in [-0.1, -0.05) is 0 Å². The highest BCUT2D eigenvalue weighted by atomic mass is 16.7. The highest BCUT2D eigenvalue weighted by Crippen LogP contribution is 2.36. The lowest BCUT2D eigenvalue weighted by Crippen LogP contribution is -2.04. The molecule has 0 radical (unpaired) electrons. The topological polar surface area (TPSA) is 90.8 Å². The molecule has 0 amide bonds. The van der Waals surface area contributed by atoms with Gasteiger partial charge in [0, 0.05) is 12.3 Å². The van der Waals surface area contributed by atoms with Crippen LogP contribution in [0.25, 0.3) is 0 Å². The Hall–Kier alpha value is -2.83. The van der Waals surface area contributed by atoms with Crippen molar-refractivity contribution in [1.82, 2.24) is 9.97 Å². The molecular formula is C13H10N2O5. The zero-order valence-electron chi connectivity index (χ0n) is 10.5. The van der Waals surface area contributed by atoms with Gasteiger partial charge in [-0.2, -0.15) is 4.98 Å². The fraction of sp³-hybridized carbons (Fsp3) is 0.154. The zero-order valence-corrected chi connectivity index (χ0v) is 10.5. The first-order valence-electron chi connectivity index (χ1n) is 5.78. The molecule has 0 bridgehead atoms. The van der Waals surface area contributed by atoms with Crippen molar-refractivity contribution in [3.05, 3.63) is 35.7 Å². The predicted molar refractivity (Wildman–Crippen MR) is 66.4 cm³/mol. The number of nitrogens with zero attached hydrogens (tertiary/aromatic N) is 2. The molecule has 0 aliphatic carbocycles. The number of carbonyl (C=O) groups is 1. The SMILES string of the molecule is Cc1nc(Oc2ccc3c(c2)OCO3)ncc1C(=O)O. The van der Waals surface area contributed by atoms with Crippen molar-refractivity contribution < 1.29 is 24.1 Å². The van der Waals surface area contributed by atoms with E-state index in [1.165, 1.54) is 6.20 Å².